The van der Waals surface area contributed by atoms with Gasteiger partial charge in [0.15, 0.2) is 0 Å². The molecule has 0 radical (unpaired) electrons. The van der Waals surface area contributed by atoms with E-state index in [1.165, 1.54) is 12.1 Å². The van der Waals surface area contributed by atoms with E-state index in [2.05, 4.69) is 18.4 Å². The fraction of sp³-hybridized carbons (Fsp3) is 0.250. The Morgan fingerprint density at radius 2 is 2.13 bits per heavy atom. The smallest absolute Gasteiger partial charge is 0.138 e. The lowest BCUT2D eigenvalue weighted by Gasteiger charge is -1.97. The first-order valence-corrected chi connectivity index (χ1v) is 7.49. The van der Waals surface area contributed by atoms with Gasteiger partial charge in [0.25, 0.3) is 0 Å². The first kappa shape index (κ1) is 20.2. The third-order valence-electron chi connectivity index (χ3n) is 2.62. The second-order valence-electron chi connectivity index (χ2n) is 4.24. The van der Waals surface area contributed by atoms with Crippen LogP contribution in [-0.2, 0) is 0 Å². The van der Waals surface area contributed by atoms with E-state index in [-0.39, 0.29) is 5.75 Å². The summed E-state index contributed by atoms with van der Waals surface area (Å²) in [5.74, 6) is 5.76. The van der Waals surface area contributed by atoms with Gasteiger partial charge in [-0.1, -0.05) is 51.3 Å². The standard InChI is InChI=1S/C18H16FNO.C2H6/c1-3-14(13-20)10-16(11-17(19)4-2)9-8-15-6-5-7-18(21)12-15;1-2/h4-7,10-12,17,21H,2-3H2,1H3;1-2H3/b14-10+,16-11-;. The van der Waals surface area contributed by atoms with E-state index in [9.17, 15) is 9.50 Å². The molecule has 2 nitrogen and oxygen atoms in total. The van der Waals surface area contributed by atoms with Crippen LogP contribution in [-0.4, -0.2) is 11.3 Å². The molecule has 1 atom stereocenters. The average Bonchev–Trinajstić information content (AvgIpc) is 2.58. The minimum Gasteiger partial charge on any atom is -0.508 e. The highest BCUT2D eigenvalue weighted by molar-refractivity contribution is 5.49. The van der Waals surface area contributed by atoms with Crippen molar-refractivity contribution in [3.05, 3.63) is 65.8 Å². The SMILES string of the molecule is C=CC(F)/C=C(C#Cc1cccc(O)c1)\C=C(\C#N)CC.CC. The molecular formula is C20H22FNO. The summed E-state index contributed by atoms with van der Waals surface area (Å²) >= 11 is 0. The van der Waals surface area contributed by atoms with Crippen molar-refractivity contribution in [2.24, 2.45) is 0 Å². The summed E-state index contributed by atoms with van der Waals surface area (Å²) in [4.78, 5) is 0. The highest BCUT2D eigenvalue weighted by Gasteiger charge is 1.99. The molecule has 0 aliphatic carbocycles. The first-order chi connectivity index (χ1) is 11.1. The lowest BCUT2D eigenvalue weighted by Crippen LogP contribution is -1.90. The molecule has 0 fully saturated rings. The van der Waals surface area contributed by atoms with Crippen molar-refractivity contribution in [2.75, 3.05) is 0 Å². The molecule has 1 unspecified atom stereocenters. The Morgan fingerprint density at radius 3 is 2.65 bits per heavy atom. The van der Waals surface area contributed by atoms with Crippen LogP contribution < -0.4 is 0 Å². The molecule has 0 aromatic heterocycles. The molecule has 1 N–H and O–H groups in total. The molecule has 0 aliphatic heterocycles. The van der Waals surface area contributed by atoms with Gasteiger partial charge in [-0.25, -0.2) is 4.39 Å². The maximum Gasteiger partial charge on any atom is 0.138 e. The number of rotatable bonds is 4. The summed E-state index contributed by atoms with van der Waals surface area (Å²) in [6.07, 6.45) is 3.24. The summed E-state index contributed by atoms with van der Waals surface area (Å²) in [7, 11) is 0. The molecule has 1 aromatic rings. The van der Waals surface area contributed by atoms with Crippen LogP contribution in [0.4, 0.5) is 4.39 Å². The fourth-order valence-electron chi connectivity index (χ4n) is 1.49. The van der Waals surface area contributed by atoms with E-state index in [0.717, 1.165) is 6.08 Å². The number of phenols is 1. The summed E-state index contributed by atoms with van der Waals surface area (Å²) < 4.78 is 13.4. The van der Waals surface area contributed by atoms with Crippen LogP contribution in [0, 0.1) is 23.2 Å². The van der Waals surface area contributed by atoms with Crippen molar-refractivity contribution < 1.29 is 9.50 Å². The largest absolute Gasteiger partial charge is 0.508 e. The van der Waals surface area contributed by atoms with Gasteiger partial charge in [0.1, 0.15) is 11.9 Å². The molecule has 0 saturated carbocycles. The Balaban J connectivity index is 0.00000232. The number of nitrogens with zero attached hydrogens (tertiary/aromatic N) is 1. The van der Waals surface area contributed by atoms with Crippen LogP contribution in [0.25, 0.3) is 0 Å². The maximum atomic E-state index is 13.4. The molecule has 1 aromatic carbocycles. The van der Waals surface area contributed by atoms with E-state index in [1.807, 2.05) is 26.8 Å². The minimum absolute atomic E-state index is 0.114. The summed E-state index contributed by atoms with van der Waals surface area (Å²) in [5, 5.41) is 18.3. The van der Waals surface area contributed by atoms with Crippen molar-refractivity contribution in [3.63, 3.8) is 0 Å². The van der Waals surface area contributed by atoms with Gasteiger partial charge in [0.2, 0.25) is 0 Å². The average molecular weight is 311 g/mol. The van der Waals surface area contributed by atoms with E-state index in [4.69, 9.17) is 5.26 Å². The van der Waals surface area contributed by atoms with Crippen LogP contribution in [0.5, 0.6) is 5.75 Å². The van der Waals surface area contributed by atoms with Crippen molar-refractivity contribution in [1.82, 2.24) is 0 Å². The van der Waals surface area contributed by atoms with Crippen LogP contribution in [0.3, 0.4) is 0 Å². The lowest BCUT2D eigenvalue weighted by molar-refractivity contribution is 0.469. The predicted molar refractivity (Wildman–Crippen MR) is 93.5 cm³/mol. The molecular weight excluding hydrogens is 289 g/mol. The van der Waals surface area contributed by atoms with Gasteiger partial charge >= 0.3 is 0 Å². The number of hydrogen-bond donors (Lipinski definition) is 1. The van der Waals surface area contributed by atoms with Gasteiger partial charge < -0.3 is 5.11 Å². The predicted octanol–water partition coefficient (Wildman–Crippen LogP) is 5.08. The Bertz CT molecular complexity index is 669. The minimum atomic E-state index is -1.33. The number of nitriles is 1. The van der Waals surface area contributed by atoms with Crippen LogP contribution >= 0.6 is 0 Å². The topological polar surface area (TPSA) is 44.0 Å². The number of aromatic hydroxyl groups is 1. The quantitative estimate of drug-likeness (QED) is 0.365. The summed E-state index contributed by atoms with van der Waals surface area (Å²) in [6, 6.07) is 8.51. The molecule has 3 heteroatoms. The van der Waals surface area contributed by atoms with E-state index >= 15 is 0 Å². The molecule has 0 aliphatic rings. The van der Waals surface area contributed by atoms with Crippen molar-refractivity contribution in [2.45, 2.75) is 33.4 Å². The third-order valence-corrected chi connectivity index (χ3v) is 2.62. The third kappa shape index (κ3) is 8.29. The van der Waals surface area contributed by atoms with Gasteiger partial charge in [0.05, 0.1) is 6.07 Å². The van der Waals surface area contributed by atoms with Crippen molar-refractivity contribution >= 4 is 0 Å². The molecule has 0 amide bonds. The van der Waals surface area contributed by atoms with Crippen LogP contribution in [0.2, 0.25) is 0 Å². The Kier molecular flexibility index (Phi) is 10.4. The van der Waals surface area contributed by atoms with Gasteiger partial charge in [-0.05, 0) is 36.8 Å². The summed E-state index contributed by atoms with van der Waals surface area (Å²) in [5.41, 5.74) is 1.53. The monoisotopic (exact) mass is 311 g/mol. The molecule has 0 spiro atoms. The Labute approximate surface area is 138 Å². The van der Waals surface area contributed by atoms with Gasteiger partial charge in [-0.15, -0.1) is 0 Å². The lowest BCUT2D eigenvalue weighted by atomic mass is 10.1. The molecule has 0 saturated heterocycles. The summed E-state index contributed by atoms with van der Waals surface area (Å²) in [6.45, 7) is 9.22. The van der Waals surface area contributed by atoms with Gasteiger partial charge in [-0.3, -0.25) is 0 Å². The number of alkyl halides is 1. The second kappa shape index (κ2) is 11.8. The van der Waals surface area contributed by atoms with E-state index in [1.54, 1.807) is 24.3 Å². The Morgan fingerprint density at radius 1 is 1.43 bits per heavy atom. The van der Waals surface area contributed by atoms with E-state index in [0.29, 0.717) is 23.1 Å². The first-order valence-electron chi connectivity index (χ1n) is 7.49. The van der Waals surface area contributed by atoms with Crippen molar-refractivity contribution in [3.8, 4) is 23.7 Å². The number of phenolic OH excluding ortho intramolecular Hbond substituents is 1. The zero-order valence-electron chi connectivity index (χ0n) is 13.8. The number of allylic oxidation sites excluding steroid dienone is 5. The zero-order valence-corrected chi connectivity index (χ0v) is 13.8. The van der Waals surface area contributed by atoms with Gasteiger partial charge in [0, 0.05) is 16.7 Å². The molecule has 120 valence electrons. The van der Waals surface area contributed by atoms with Crippen LogP contribution in [0.15, 0.2) is 60.2 Å². The molecule has 23 heavy (non-hydrogen) atoms. The second-order valence-corrected chi connectivity index (χ2v) is 4.24. The molecule has 1 rings (SSSR count). The molecule has 0 heterocycles. The molecule has 0 bridgehead atoms. The maximum absolute atomic E-state index is 13.4. The number of hydrogen-bond acceptors (Lipinski definition) is 2. The highest BCUT2D eigenvalue weighted by atomic mass is 19.1. The van der Waals surface area contributed by atoms with Gasteiger partial charge in [-0.2, -0.15) is 5.26 Å². The number of halogens is 1. The normalized spacial score (nSPS) is 12.0. The van der Waals surface area contributed by atoms with E-state index < -0.39 is 6.17 Å². The van der Waals surface area contributed by atoms with Crippen molar-refractivity contribution in [1.29, 1.82) is 5.26 Å². The fourth-order valence-corrected chi connectivity index (χ4v) is 1.49. The zero-order chi connectivity index (χ0) is 17.7. The van der Waals surface area contributed by atoms with Crippen LogP contribution in [0.1, 0.15) is 32.8 Å². The highest BCUT2D eigenvalue weighted by Crippen LogP contribution is 2.11. The number of benzene rings is 1. The Hall–Kier alpha value is -2.78.